The van der Waals surface area contributed by atoms with E-state index < -0.39 is 11.6 Å². The molecule has 1 aliphatic rings. The molecule has 1 unspecified atom stereocenters. The quantitative estimate of drug-likeness (QED) is 0.139. The standard InChI is InChI=1S/C33H32F2N6O3S/c1-6-28(42)40-10-11-41-25(19(40)2)18-24(38-41)32-30(29-23(35)16-21(34)17-26(29)44-13-12-43-5)33-22(8-14-45-33)31(37-32)20-7-9-36-27(15-20)39(3)4/h6-9,14-19H,1,10-13H2,2-5H3. The Hall–Kier alpha value is -4.68. The number of thiophene rings is 1. The first-order chi connectivity index (χ1) is 21.7. The molecule has 5 aromatic rings. The normalized spacial score (nSPS) is 14.4. The fourth-order valence-corrected chi connectivity index (χ4v) is 6.60. The number of hydrogen-bond acceptors (Lipinski definition) is 8. The zero-order valence-electron chi connectivity index (χ0n) is 25.4. The molecule has 0 aliphatic carbocycles. The lowest BCUT2D eigenvalue weighted by Gasteiger charge is -2.33. The van der Waals surface area contributed by atoms with Crippen LogP contribution in [0.4, 0.5) is 14.6 Å². The van der Waals surface area contributed by atoms with Crippen LogP contribution in [-0.2, 0) is 16.1 Å². The number of aromatic nitrogens is 4. The van der Waals surface area contributed by atoms with Crippen LogP contribution in [0.3, 0.4) is 0 Å². The molecule has 0 saturated heterocycles. The molecule has 0 radical (unpaired) electrons. The van der Waals surface area contributed by atoms with Crippen LogP contribution in [0.1, 0.15) is 18.7 Å². The van der Waals surface area contributed by atoms with E-state index in [0.29, 0.717) is 35.7 Å². The molecule has 9 nitrogen and oxygen atoms in total. The number of halogens is 2. The van der Waals surface area contributed by atoms with Gasteiger partial charge in [-0.05, 0) is 42.6 Å². The molecule has 6 rings (SSSR count). The Morgan fingerprint density at radius 3 is 2.71 bits per heavy atom. The van der Waals surface area contributed by atoms with Gasteiger partial charge in [-0.3, -0.25) is 9.48 Å². The monoisotopic (exact) mass is 630 g/mol. The van der Waals surface area contributed by atoms with Crippen LogP contribution in [0.15, 0.2) is 60.6 Å². The number of carbonyl (C=O) groups is 1. The van der Waals surface area contributed by atoms with Gasteiger partial charge in [0, 0.05) is 67.3 Å². The van der Waals surface area contributed by atoms with Crippen LogP contribution >= 0.6 is 11.3 Å². The molecule has 0 N–H and O–H groups in total. The van der Waals surface area contributed by atoms with E-state index in [4.69, 9.17) is 19.6 Å². The highest BCUT2D eigenvalue weighted by Gasteiger charge is 2.31. The second kappa shape index (κ2) is 12.4. The number of benzene rings is 1. The first-order valence-corrected chi connectivity index (χ1v) is 15.3. The van der Waals surface area contributed by atoms with Gasteiger partial charge in [-0.25, -0.2) is 18.7 Å². The summed E-state index contributed by atoms with van der Waals surface area (Å²) in [4.78, 5) is 25.8. The van der Waals surface area contributed by atoms with Gasteiger partial charge in [-0.2, -0.15) is 5.10 Å². The maximum Gasteiger partial charge on any atom is 0.246 e. The van der Waals surface area contributed by atoms with Gasteiger partial charge in [0.05, 0.1) is 36.1 Å². The van der Waals surface area contributed by atoms with E-state index >= 15 is 4.39 Å². The lowest BCUT2D eigenvalue weighted by molar-refractivity contribution is -0.129. The molecule has 1 amide bonds. The van der Waals surface area contributed by atoms with Gasteiger partial charge in [0.2, 0.25) is 5.91 Å². The Morgan fingerprint density at radius 2 is 1.96 bits per heavy atom. The van der Waals surface area contributed by atoms with E-state index in [0.717, 1.165) is 33.2 Å². The lowest BCUT2D eigenvalue weighted by atomic mass is 9.96. The number of hydrogen-bond donors (Lipinski definition) is 0. The second-order valence-electron chi connectivity index (χ2n) is 10.8. The van der Waals surface area contributed by atoms with Crippen molar-refractivity contribution in [3.8, 4) is 39.5 Å². The molecule has 1 aliphatic heterocycles. The van der Waals surface area contributed by atoms with E-state index in [1.54, 1.807) is 11.1 Å². The van der Waals surface area contributed by atoms with Crippen molar-refractivity contribution in [2.24, 2.45) is 0 Å². The molecule has 0 spiro atoms. The molecule has 0 bridgehead atoms. The van der Waals surface area contributed by atoms with Crippen molar-refractivity contribution in [1.82, 2.24) is 24.6 Å². The largest absolute Gasteiger partial charge is 0.490 e. The van der Waals surface area contributed by atoms with Crippen molar-refractivity contribution in [2.75, 3.05) is 45.9 Å². The van der Waals surface area contributed by atoms with Crippen LogP contribution in [0, 0.1) is 11.6 Å². The summed E-state index contributed by atoms with van der Waals surface area (Å²) in [5.74, 6) is -0.928. The van der Waals surface area contributed by atoms with E-state index in [-0.39, 0.29) is 36.5 Å². The van der Waals surface area contributed by atoms with Crippen molar-refractivity contribution >= 4 is 33.1 Å². The third-order valence-electron chi connectivity index (χ3n) is 7.86. The van der Waals surface area contributed by atoms with Crippen LogP contribution in [0.2, 0.25) is 0 Å². The molecule has 0 fully saturated rings. The summed E-state index contributed by atoms with van der Waals surface area (Å²) in [6.45, 7) is 6.83. The number of ether oxygens (including phenoxy) is 2. The highest BCUT2D eigenvalue weighted by Crippen LogP contribution is 2.47. The number of amides is 1. The van der Waals surface area contributed by atoms with Gasteiger partial charge in [0.25, 0.3) is 0 Å². The van der Waals surface area contributed by atoms with E-state index in [9.17, 15) is 9.18 Å². The number of rotatable bonds is 9. The van der Waals surface area contributed by atoms with E-state index in [1.807, 2.05) is 60.2 Å². The topological polar surface area (TPSA) is 85.6 Å². The van der Waals surface area contributed by atoms with Crippen LogP contribution in [0.25, 0.3) is 43.9 Å². The van der Waals surface area contributed by atoms with Crippen LogP contribution in [-0.4, -0.2) is 71.5 Å². The molecular weight excluding hydrogens is 598 g/mol. The number of methoxy groups -OCH3 is 1. The third kappa shape index (κ3) is 5.55. The summed E-state index contributed by atoms with van der Waals surface area (Å²) in [5.41, 5.74) is 3.72. The summed E-state index contributed by atoms with van der Waals surface area (Å²) >= 11 is 1.42. The van der Waals surface area contributed by atoms with Crippen molar-refractivity contribution in [3.05, 3.63) is 78.0 Å². The summed E-state index contributed by atoms with van der Waals surface area (Å²) in [5, 5.41) is 7.63. The highest BCUT2D eigenvalue weighted by atomic mass is 32.1. The SMILES string of the molecule is C=CC(=O)N1CCn2nc(-c3nc(-c4ccnc(N(C)C)c4)c4ccsc4c3-c3c(F)cc(F)cc3OCCOC)cc2C1C. The zero-order chi connectivity index (χ0) is 31.8. The minimum atomic E-state index is -0.785. The van der Waals surface area contributed by atoms with Gasteiger partial charge in [-0.15, -0.1) is 11.3 Å². The minimum Gasteiger partial charge on any atom is -0.490 e. The van der Waals surface area contributed by atoms with Crippen molar-refractivity contribution in [2.45, 2.75) is 19.5 Å². The predicted molar refractivity (Wildman–Crippen MR) is 171 cm³/mol. The Balaban J connectivity index is 1.64. The number of nitrogens with zero attached hydrogens (tertiary/aromatic N) is 6. The third-order valence-corrected chi connectivity index (χ3v) is 8.79. The molecule has 232 valence electrons. The van der Waals surface area contributed by atoms with Gasteiger partial charge in [0.15, 0.2) is 0 Å². The number of carbonyl (C=O) groups excluding carboxylic acids is 1. The van der Waals surface area contributed by atoms with Gasteiger partial charge >= 0.3 is 0 Å². The zero-order valence-corrected chi connectivity index (χ0v) is 26.2. The van der Waals surface area contributed by atoms with Crippen molar-refractivity contribution < 1.29 is 23.0 Å². The highest BCUT2D eigenvalue weighted by molar-refractivity contribution is 7.18. The summed E-state index contributed by atoms with van der Waals surface area (Å²) in [6, 6.07) is 9.39. The summed E-state index contributed by atoms with van der Waals surface area (Å²) in [6.07, 6.45) is 3.03. The fraction of sp³-hybridized carbons (Fsp3) is 0.273. The molecule has 1 aromatic carbocycles. The maximum absolute atomic E-state index is 16.0. The molecule has 4 aromatic heterocycles. The summed E-state index contributed by atoms with van der Waals surface area (Å²) in [7, 11) is 5.35. The lowest BCUT2D eigenvalue weighted by Crippen LogP contribution is -2.40. The van der Waals surface area contributed by atoms with E-state index in [2.05, 4.69) is 11.6 Å². The summed E-state index contributed by atoms with van der Waals surface area (Å²) < 4.78 is 44.2. The smallest absolute Gasteiger partial charge is 0.246 e. The first kappa shape index (κ1) is 30.4. The molecule has 5 heterocycles. The Kier molecular flexibility index (Phi) is 8.34. The number of fused-ring (bicyclic) bond motifs is 2. The molecule has 1 atom stereocenters. The van der Waals surface area contributed by atoms with Gasteiger partial charge in [0.1, 0.15) is 41.2 Å². The average Bonchev–Trinajstić information content (AvgIpc) is 3.69. The molecule has 45 heavy (non-hydrogen) atoms. The predicted octanol–water partition coefficient (Wildman–Crippen LogP) is 6.35. The fourth-order valence-electron chi connectivity index (χ4n) is 5.65. The molecular formula is C33H32F2N6O3S. The average molecular weight is 631 g/mol. The van der Waals surface area contributed by atoms with Gasteiger partial charge < -0.3 is 19.3 Å². The van der Waals surface area contributed by atoms with Crippen molar-refractivity contribution in [3.63, 3.8) is 0 Å². The van der Waals surface area contributed by atoms with Crippen LogP contribution in [0.5, 0.6) is 5.75 Å². The van der Waals surface area contributed by atoms with Gasteiger partial charge in [-0.1, -0.05) is 6.58 Å². The Morgan fingerprint density at radius 1 is 1.13 bits per heavy atom. The number of pyridine rings is 2. The van der Waals surface area contributed by atoms with Crippen molar-refractivity contribution in [1.29, 1.82) is 0 Å². The maximum atomic E-state index is 16.0. The Bertz CT molecular complexity index is 1920. The van der Waals surface area contributed by atoms with Crippen LogP contribution < -0.4 is 9.64 Å². The molecule has 0 saturated carbocycles. The first-order valence-electron chi connectivity index (χ1n) is 14.4. The van der Waals surface area contributed by atoms with E-state index in [1.165, 1.54) is 30.6 Å². The minimum absolute atomic E-state index is 0.0361. The number of anilines is 1. The Labute approximate surface area is 263 Å². The second-order valence-corrected chi connectivity index (χ2v) is 11.8. The molecule has 12 heteroatoms.